The van der Waals surface area contributed by atoms with E-state index in [9.17, 15) is 4.79 Å². The average Bonchev–Trinajstić information content (AvgIpc) is 1.87. The van der Waals surface area contributed by atoms with Gasteiger partial charge >= 0.3 is 0 Å². The Hall–Kier alpha value is -0.830. The van der Waals surface area contributed by atoms with Crippen LogP contribution in [-0.4, -0.2) is 29.1 Å². The summed E-state index contributed by atoms with van der Waals surface area (Å²) in [7, 11) is 0. The molecule has 3 nitrogen and oxygen atoms in total. The van der Waals surface area contributed by atoms with Crippen LogP contribution in [0.5, 0.6) is 0 Å². The number of aliphatic hydroxyl groups is 1. The molecule has 0 aromatic carbocycles. The summed E-state index contributed by atoms with van der Waals surface area (Å²) < 4.78 is 0. The normalized spacial score (nSPS) is 10.3. The van der Waals surface area contributed by atoms with Crippen molar-refractivity contribution in [2.24, 2.45) is 0 Å². The van der Waals surface area contributed by atoms with Gasteiger partial charge < -0.3 is 10.0 Å². The first-order valence-electron chi connectivity index (χ1n) is 3.23. The van der Waals surface area contributed by atoms with Crippen LogP contribution in [0.15, 0.2) is 12.3 Å². The van der Waals surface area contributed by atoms with Crippen LogP contribution >= 0.6 is 0 Å². The molecule has 0 aliphatic rings. The van der Waals surface area contributed by atoms with Gasteiger partial charge in [0.25, 0.3) is 0 Å². The number of amides is 1. The molecule has 0 aliphatic carbocycles. The molecule has 3 heteroatoms. The van der Waals surface area contributed by atoms with Crippen molar-refractivity contribution >= 4 is 5.91 Å². The maximum Gasteiger partial charge on any atom is 0.223 e. The zero-order chi connectivity index (χ0) is 7.98. The third-order valence-electron chi connectivity index (χ3n) is 1.07. The van der Waals surface area contributed by atoms with Crippen molar-refractivity contribution in [3.8, 4) is 0 Å². The maximum atomic E-state index is 10.7. The van der Waals surface area contributed by atoms with Crippen LogP contribution < -0.4 is 0 Å². The molecule has 0 bridgehead atoms. The van der Waals surface area contributed by atoms with Gasteiger partial charge in [-0.1, -0.05) is 6.08 Å². The molecular weight excluding hydrogens is 130 g/mol. The summed E-state index contributed by atoms with van der Waals surface area (Å²) in [5.74, 6) is -0.0489. The molecule has 58 valence electrons. The van der Waals surface area contributed by atoms with Crippen LogP contribution in [0.1, 0.15) is 13.8 Å². The van der Waals surface area contributed by atoms with Gasteiger partial charge in [-0.05, 0) is 6.92 Å². The highest BCUT2D eigenvalue weighted by Gasteiger charge is 2.00. The van der Waals surface area contributed by atoms with E-state index in [2.05, 4.69) is 0 Å². The van der Waals surface area contributed by atoms with Gasteiger partial charge in [-0.25, -0.2) is 0 Å². The molecule has 0 aromatic rings. The summed E-state index contributed by atoms with van der Waals surface area (Å²) in [4.78, 5) is 12.1. The molecule has 0 fully saturated rings. The Morgan fingerprint density at radius 3 is 2.60 bits per heavy atom. The van der Waals surface area contributed by atoms with Crippen molar-refractivity contribution in [2.45, 2.75) is 13.8 Å². The lowest BCUT2D eigenvalue weighted by Crippen LogP contribution is -2.25. The molecule has 0 heterocycles. The first-order chi connectivity index (χ1) is 4.72. The van der Waals surface area contributed by atoms with Crippen LogP contribution in [0.4, 0.5) is 0 Å². The van der Waals surface area contributed by atoms with Crippen molar-refractivity contribution in [1.82, 2.24) is 4.90 Å². The van der Waals surface area contributed by atoms with Crippen LogP contribution in [0.3, 0.4) is 0 Å². The largest absolute Gasteiger partial charge is 0.395 e. The molecule has 0 saturated carbocycles. The summed E-state index contributed by atoms with van der Waals surface area (Å²) in [5.41, 5.74) is 0. The summed E-state index contributed by atoms with van der Waals surface area (Å²) in [6, 6.07) is 0. The topological polar surface area (TPSA) is 40.5 Å². The van der Waals surface area contributed by atoms with Gasteiger partial charge in [0.05, 0.1) is 6.61 Å². The second-order valence-corrected chi connectivity index (χ2v) is 1.92. The van der Waals surface area contributed by atoms with Gasteiger partial charge in [0.15, 0.2) is 0 Å². The molecule has 0 spiro atoms. The average molecular weight is 143 g/mol. The number of carbonyl (C=O) groups excluding carboxylic acids is 1. The van der Waals surface area contributed by atoms with E-state index in [4.69, 9.17) is 5.11 Å². The van der Waals surface area contributed by atoms with Crippen molar-refractivity contribution < 1.29 is 9.90 Å². The fourth-order valence-electron chi connectivity index (χ4n) is 0.625. The number of aliphatic hydroxyl groups excluding tert-OH is 1. The standard InChI is InChI=1S/C7H13NO2/c1-3-4-8(5-6-9)7(2)10/h3-4,9H,5-6H2,1-2H3. The fourth-order valence-corrected chi connectivity index (χ4v) is 0.625. The number of nitrogens with zero attached hydrogens (tertiary/aromatic N) is 1. The van der Waals surface area contributed by atoms with Crippen LogP contribution in [0.2, 0.25) is 0 Å². The lowest BCUT2D eigenvalue weighted by molar-refractivity contribution is -0.126. The first kappa shape index (κ1) is 9.17. The third kappa shape index (κ3) is 3.25. The maximum absolute atomic E-state index is 10.7. The predicted octanol–water partition coefficient (Wildman–Crippen LogP) is 0.361. The highest BCUT2D eigenvalue weighted by molar-refractivity contribution is 5.74. The minimum absolute atomic E-state index is 0.00389. The molecule has 0 unspecified atom stereocenters. The third-order valence-corrected chi connectivity index (χ3v) is 1.07. The Bertz CT molecular complexity index is 132. The van der Waals surface area contributed by atoms with Gasteiger partial charge in [0.1, 0.15) is 0 Å². The number of hydrogen-bond donors (Lipinski definition) is 1. The minimum Gasteiger partial charge on any atom is -0.395 e. The molecule has 10 heavy (non-hydrogen) atoms. The zero-order valence-corrected chi connectivity index (χ0v) is 6.37. The van der Waals surface area contributed by atoms with E-state index in [0.29, 0.717) is 6.54 Å². The van der Waals surface area contributed by atoms with Crippen molar-refractivity contribution in [1.29, 1.82) is 0 Å². The molecule has 0 aromatic heterocycles. The molecule has 0 radical (unpaired) electrons. The Kier molecular flexibility index (Phi) is 4.58. The Balaban J connectivity index is 3.85. The SMILES string of the molecule is CC=CN(CCO)C(C)=O. The summed E-state index contributed by atoms with van der Waals surface area (Å²) in [5, 5.41) is 8.48. The molecule has 1 N–H and O–H groups in total. The zero-order valence-electron chi connectivity index (χ0n) is 6.37. The Morgan fingerprint density at radius 1 is 1.70 bits per heavy atom. The number of hydrogen-bond acceptors (Lipinski definition) is 2. The predicted molar refractivity (Wildman–Crippen MR) is 39.3 cm³/mol. The summed E-state index contributed by atoms with van der Waals surface area (Å²) in [6.07, 6.45) is 3.41. The van der Waals surface area contributed by atoms with Gasteiger partial charge in [-0.3, -0.25) is 4.79 Å². The van der Waals surface area contributed by atoms with Gasteiger partial charge in [-0.15, -0.1) is 0 Å². The number of carbonyl (C=O) groups is 1. The molecule has 0 atom stereocenters. The van der Waals surface area contributed by atoms with Crippen molar-refractivity contribution in [2.75, 3.05) is 13.2 Å². The molecule has 1 amide bonds. The quantitative estimate of drug-likeness (QED) is 0.619. The summed E-state index contributed by atoms with van der Waals surface area (Å²) in [6.45, 7) is 3.67. The van der Waals surface area contributed by atoms with Crippen LogP contribution in [0.25, 0.3) is 0 Å². The molecule has 0 rings (SSSR count). The highest BCUT2D eigenvalue weighted by atomic mass is 16.3. The van der Waals surface area contributed by atoms with E-state index >= 15 is 0 Å². The monoisotopic (exact) mass is 143 g/mol. The lowest BCUT2D eigenvalue weighted by Gasteiger charge is -2.13. The Morgan fingerprint density at radius 2 is 2.30 bits per heavy atom. The van der Waals surface area contributed by atoms with Crippen molar-refractivity contribution in [3.63, 3.8) is 0 Å². The fraction of sp³-hybridized carbons (Fsp3) is 0.571. The smallest absolute Gasteiger partial charge is 0.223 e. The van der Waals surface area contributed by atoms with Crippen LogP contribution in [-0.2, 0) is 4.79 Å². The van der Waals surface area contributed by atoms with Gasteiger partial charge in [0, 0.05) is 19.7 Å². The number of allylic oxidation sites excluding steroid dienone is 1. The van der Waals surface area contributed by atoms with E-state index in [-0.39, 0.29) is 12.5 Å². The minimum atomic E-state index is -0.0489. The van der Waals surface area contributed by atoms with E-state index < -0.39 is 0 Å². The number of rotatable bonds is 3. The molecule has 0 aliphatic heterocycles. The van der Waals surface area contributed by atoms with Gasteiger partial charge in [0.2, 0.25) is 5.91 Å². The first-order valence-corrected chi connectivity index (χ1v) is 3.23. The Labute approximate surface area is 61.0 Å². The lowest BCUT2D eigenvalue weighted by atomic mass is 10.5. The van der Waals surface area contributed by atoms with E-state index in [1.165, 1.54) is 11.8 Å². The van der Waals surface area contributed by atoms with Gasteiger partial charge in [-0.2, -0.15) is 0 Å². The van der Waals surface area contributed by atoms with Crippen LogP contribution in [0, 0.1) is 0 Å². The highest BCUT2D eigenvalue weighted by Crippen LogP contribution is 1.89. The second kappa shape index (κ2) is 4.99. The second-order valence-electron chi connectivity index (χ2n) is 1.92. The van der Waals surface area contributed by atoms with E-state index in [0.717, 1.165) is 0 Å². The summed E-state index contributed by atoms with van der Waals surface area (Å²) >= 11 is 0. The van der Waals surface area contributed by atoms with E-state index in [1.807, 2.05) is 6.92 Å². The molecule has 0 saturated heterocycles. The van der Waals surface area contributed by atoms with Crippen molar-refractivity contribution in [3.05, 3.63) is 12.3 Å². The van der Waals surface area contributed by atoms with E-state index in [1.54, 1.807) is 12.3 Å². The molecular formula is C7H13NO2.